The van der Waals surface area contributed by atoms with Crippen LogP contribution in [0.1, 0.15) is 0 Å². The summed E-state index contributed by atoms with van der Waals surface area (Å²) in [6.45, 7) is 0. The van der Waals surface area contributed by atoms with Gasteiger partial charge in [0.15, 0.2) is 0 Å². The van der Waals surface area contributed by atoms with E-state index in [9.17, 15) is 10.1 Å². The highest BCUT2D eigenvalue weighted by atomic mass is 16.6. The molecule has 2 heterocycles. The molecule has 1 N–H and O–H groups in total. The van der Waals surface area contributed by atoms with Crippen molar-refractivity contribution in [3.63, 3.8) is 0 Å². The summed E-state index contributed by atoms with van der Waals surface area (Å²) in [5.41, 5.74) is 2.59. The molecule has 0 fully saturated rings. The summed E-state index contributed by atoms with van der Waals surface area (Å²) in [6, 6.07) is 8.45. The Labute approximate surface area is 89.9 Å². The molecule has 16 heavy (non-hydrogen) atoms. The van der Waals surface area contributed by atoms with Gasteiger partial charge in [0.2, 0.25) is 0 Å². The number of nitrogens with zero attached hydrogens (tertiary/aromatic N) is 2. The van der Waals surface area contributed by atoms with Gasteiger partial charge in [0, 0.05) is 29.2 Å². The van der Waals surface area contributed by atoms with Crippen LogP contribution >= 0.6 is 0 Å². The molecule has 0 aliphatic rings. The van der Waals surface area contributed by atoms with Crippen LogP contribution in [0, 0.1) is 10.1 Å². The number of fused-ring (bicyclic) bond motifs is 3. The topological polar surface area (TPSA) is 71.8 Å². The second-order valence-corrected chi connectivity index (χ2v) is 3.51. The van der Waals surface area contributed by atoms with Crippen molar-refractivity contribution in [2.75, 3.05) is 0 Å². The van der Waals surface area contributed by atoms with Gasteiger partial charge >= 0.3 is 0 Å². The molecule has 3 aromatic rings. The van der Waals surface area contributed by atoms with E-state index in [2.05, 4.69) is 9.97 Å². The minimum atomic E-state index is -0.402. The maximum absolute atomic E-state index is 10.7. The number of aromatic nitrogens is 2. The predicted molar refractivity (Wildman–Crippen MR) is 60.3 cm³/mol. The molecule has 5 heteroatoms. The Morgan fingerprint density at radius 2 is 2.12 bits per heavy atom. The first-order chi connectivity index (χ1) is 7.75. The monoisotopic (exact) mass is 213 g/mol. The zero-order valence-corrected chi connectivity index (χ0v) is 8.18. The summed E-state index contributed by atoms with van der Waals surface area (Å²) < 4.78 is 0. The SMILES string of the molecule is O=[N+]([O-])c1ccc2[nH]c3cccnc3c2c1. The van der Waals surface area contributed by atoms with Crippen LogP contribution < -0.4 is 0 Å². The average Bonchev–Trinajstić information content (AvgIpc) is 2.66. The van der Waals surface area contributed by atoms with Crippen LogP contribution in [0.25, 0.3) is 21.9 Å². The number of rotatable bonds is 1. The number of H-pyrrole nitrogens is 1. The maximum atomic E-state index is 10.7. The van der Waals surface area contributed by atoms with Gasteiger partial charge in [-0.3, -0.25) is 15.1 Å². The third-order valence-corrected chi connectivity index (χ3v) is 2.55. The first-order valence-corrected chi connectivity index (χ1v) is 4.76. The quantitative estimate of drug-likeness (QED) is 0.498. The summed E-state index contributed by atoms with van der Waals surface area (Å²) in [5.74, 6) is 0. The second kappa shape index (κ2) is 3.03. The molecular formula is C11H7N3O2. The van der Waals surface area contributed by atoms with E-state index in [4.69, 9.17) is 0 Å². The molecule has 0 saturated heterocycles. The first kappa shape index (κ1) is 8.84. The van der Waals surface area contributed by atoms with Crippen molar-refractivity contribution in [2.45, 2.75) is 0 Å². The van der Waals surface area contributed by atoms with Gasteiger partial charge in [0.25, 0.3) is 5.69 Å². The number of nitrogens with one attached hydrogen (secondary N) is 1. The standard InChI is InChI=1S/C11H7N3O2/c15-14(16)7-3-4-9-8(6-7)11-10(13-9)2-1-5-12-11/h1-6,13H. The van der Waals surface area contributed by atoms with Gasteiger partial charge < -0.3 is 4.98 Å². The van der Waals surface area contributed by atoms with E-state index in [-0.39, 0.29) is 5.69 Å². The lowest BCUT2D eigenvalue weighted by Crippen LogP contribution is -1.86. The summed E-state index contributed by atoms with van der Waals surface area (Å²) in [6.07, 6.45) is 1.68. The van der Waals surface area contributed by atoms with Crippen molar-refractivity contribution in [1.82, 2.24) is 9.97 Å². The van der Waals surface area contributed by atoms with Crippen LogP contribution in [0.2, 0.25) is 0 Å². The number of benzene rings is 1. The van der Waals surface area contributed by atoms with Crippen molar-refractivity contribution in [2.24, 2.45) is 0 Å². The van der Waals surface area contributed by atoms with Gasteiger partial charge in [-0.25, -0.2) is 0 Å². The Morgan fingerprint density at radius 3 is 2.94 bits per heavy atom. The summed E-state index contributed by atoms with van der Waals surface area (Å²) >= 11 is 0. The molecule has 1 aromatic carbocycles. The van der Waals surface area contributed by atoms with Crippen LogP contribution in [0.5, 0.6) is 0 Å². The van der Waals surface area contributed by atoms with E-state index < -0.39 is 4.92 Å². The highest BCUT2D eigenvalue weighted by Gasteiger charge is 2.10. The molecule has 0 radical (unpaired) electrons. The Bertz CT molecular complexity index is 703. The maximum Gasteiger partial charge on any atom is 0.270 e. The normalized spacial score (nSPS) is 11.0. The van der Waals surface area contributed by atoms with Gasteiger partial charge in [-0.15, -0.1) is 0 Å². The Balaban J connectivity index is 2.44. The molecule has 5 nitrogen and oxygen atoms in total. The van der Waals surface area contributed by atoms with Crippen LogP contribution in [0.4, 0.5) is 5.69 Å². The van der Waals surface area contributed by atoms with Crippen molar-refractivity contribution in [3.05, 3.63) is 46.6 Å². The predicted octanol–water partition coefficient (Wildman–Crippen LogP) is 2.62. The largest absolute Gasteiger partial charge is 0.353 e. The van der Waals surface area contributed by atoms with Crippen LogP contribution in [0.3, 0.4) is 0 Å². The highest BCUT2D eigenvalue weighted by Crippen LogP contribution is 2.26. The Morgan fingerprint density at radius 1 is 1.25 bits per heavy atom. The van der Waals surface area contributed by atoms with E-state index in [0.29, 0.717) is 0 Å². The Hall–Kier alpha value is -2.43. The number of pyridine rings is 1. The zero-order valence-electron chi connectivity index (χ0n) is 8.18. The third-order valence-electron chi connectivity index (χ3n) is 2.55. The number of nitro groups is 1. The van der Waals surface area contributed by atoms with Gasteiger partial charge in [-0.05, 0) is 18.2 Å². The molecule has 0 bridgehead atoms. The highest BCUT2D eigenvalue weighted by molar-refractivity contribution is 6.05. The van der Waals surface area contributed by atoms with Crippen LogP contribution in [-0.4, -0.2) is 14.9 Å². The minimum Gasteiger partial charge on any atom is -0.353 e. The summed E-state index contributed by atoms with van der Waals surface area (Å²) in [7, 11) is 0. The second-order valence-electron chi connectivity index (χ2n) is 3.51. The van der Waals surface area contributed by atoms with E-state index in [1.54, 1.807) is 18.3 Å². The summed E-state index contributed by atoms with van der Waals surface area (Å²) in [5, 5.41) is 11.5. The average molecular weight is 213 g/mol. The molecule has 2 aromatic heterocycles. The molecule has 0 saturated carbocycles. The van der Waals surface area contributed by atoms with Crippen LogP contribution in [0.15, 0.2) is 36.5 Å². The fraction of sp³-hybridized carbons (Fsp3) is 0. The van der Waals surface area contributed by atoms with Crippen molar-refractivity contribution >= 4 is 27.6 Å². The fourth-order valence-corrected chi connectivity index (χ4v) is 1.82. The lowest BCUT2D eigenvalue weighted by molar-refractivity contribution is -0.384. The first-order valence-electron chi connectivity index (χ1n) is 4.76. The lowest BCUT2D eigenvalue weighted by Gasteiger charge is -1.91. The van der Waals surface area contributed by atoms with Crippen molar-refractivity contribution < 1.29 is 4.92 Å². The molecule has 78 valence electrons. The number of nitro benzene ring substituents is 1. The number of non-ortho nitro benzene ring substituents is 1. The fourth-order valence-electron chi connectivity index (χ4n) is 1.82. The molecular weight excluding hydrogens is 206 g/mol. The molecule has 3 rings (SSSR count). The van der Waals surface area contributed by atoms with Crippen molar-refractivity contribution in [3.8, 4) is 0 Å². The van der Waals surface area contributed by atoms with E-state index in [1.165, 1.54) is 6.07 Å². The molecule has 0 aliphatic heterocycles. The van der Waals surface area contributed by atoms with Crippen LogP contribution in [-0.2, 0) is 0 Å². The molecule has 0 spiro atoms. The van der Waals surface area contributed by atoms with E-state index >= 15 is 0 Å². The smallest absolute Gasteiger partial charge is 0.270 e. The van der Waals surface area contributed by atoms with Gasteiger partial charge in [0.1, 0.15) is 0 Å². The van der Waals surface area contributed by atoms with Gasteiger partial charge in [0.05, 0.1) is 16.0 Å². The Kier molecular flexibility index (Phi) is 1.67. The zero-order chi connectivity index (χ0) is 11.1. The molecule has 0 atom stereocenters. The minimum absolute atomic E-state index is 0.0825. The van der Waals surface area contributed by atoms with Gasteiger partial charge in [-0.1, -0.05) is 0 Å². The molecule has 0 aliphatic carbocycles. The number of aromatic amines is 1. The number of hydrogen-bond acceptors (Lipinski definition) is 3. The molecule has 0 unspecified atom stereocenters. The van der Waals surface area contributed by atoms with E-state index in [1.807, 2.05) is 12.1 Å². The third kappa shape index (κ3) is 1.15. The van der Waals surface area contributed by atoms with E-state index in [0.717, 1.165) is 21.9 Å². The van der Waals surface area contributed by atoms with Crippen molar-refractivity contribution in [1.29, 1.82) is 0 Å². The number of hydrogen-bond donors (Lipinski definition) is 1. The lowest BCUT2D eigenvalue weighted by atomic mass is 10.2. The van der Waals surface area contributed by atoms with Gasteiger partial charge in [-0.2, -0.15) is 0 Å². The molecule has 0 amide bonds. The summed E-state index contributed by atoms with van der Waals surface area (Å²) in [4.78, 5) is 17.7.